The summed E-state index contributed by atoms with van der Waals surface area (Å²) >= 11 is 0. The average Bonchev–Trinajstić information content (AvgIpc) is 2.48. The van der Waals surface area contributed by atoms with Crippen LogP contribution in [0.1, 0.15) is 31.4 Å². The zero-order chi connectivity index (χ0) is 16.2. The molecule has 0 saturated carbocycles. The van der Waals surface area contributed by atoms with Gasteiger partial charge < -0.3 is 20.5 Å². The lowest BCUT2D eigenvalue weighted by molar-refractivity contribution is -0.130. The van der Waals surface area contributed by atoms with Crippen LogP contribution in [-0.4, -0.2) is 31.3 Å². The van der Waals surface area contributed by atoms with Gasteiger partial charge in [-0.1, -0.05) is 12.1 Å². The van der Waals surface area contributed by atoms with Crippen molar-refractivity contribution in [3.63, 3.8) is 0 Å². The molecule has 1 aromatic rings. The lowest BCUT2D eigenvalue weighted by Crippen LogP contribution is -2.57. The maximum Gasteiger partial charge on any atom is 0.387 e. The molecule has 1 heterocycles. The first-order valence-electron chi connectivity index (χ1n) is 7.13. The topological polar surface area (TPSA) is 73.6 Å². The van der Waals surface area contributed by atoms with Crippen molar-refractivity contribution in [1.29, 1.82) is 0 Å². The summed E-state index contributed by atoms with van der Waals surface area (Å²) in [6.07, 6.45) is 0.958. The van der Waals surface area contributed by atoms with Crippen LogP contribution in [0.2, 0.25) is 0 Å². The zero-order valence-corrected chi connectivity index (χ0v) is 13.6. The van der Waals surface area contributed by atoms with Gasteiger partial charge in [0.05, 0.1) is 11.6 Å². The molecule has 1 saturated heterocycles. The van der Waals surface area contributed by atoms with E-state index in [9.17, 15) is 13.6 Å². The molecule has 5 nitrogen and oxygen atoms in total. The molecule has 0 bridgehead atoms. The second-order valence-electron chi connectivity index (χ2n) is 5.41. The highest BCUT2D eigenvalue weighted by atomic mass is 35.5. The fourth-order valence-corrected chi connectivity index (χ4v) is 2.32. The number of halogens is 3. The molecule has 8 heteroatoms. The smallest absolute Gasteiger partial charge is 0.387 e. The third-order valence-corrected chi connectivity index (χ3v) is 3.79. The highest BCUT2D eigenvalue weighted by Gasteiger charge is 2.36. The van der Waals surface area contributed by atoms with E-state index in [0.29, 0.717) is 26.1 Å². The van der Waals surface area contributed by atoms with Gasteiger partial charge >= 0.3 is 6.61 Å². The molecular formula is C15H21ClF2N2O3. The summed E-state index contributed by atoms with van der Waals surface area (Å²) < 4.78 is 33.7. The fourth-order valence-electron chi connectivity index (χ4n) is 2.32. The van der Waals surface area contributed by atoms with E-state index in [1.807, 2.05) is 6.92 Å². The molecule has 1 fully saturated rings. The molecular weight excluding hydrogens is 330 g/mol. The lowest BCUT2D eigenvalue weighted by Gasteiger charge is -2.33. The van der Waals surface area contributed by atoms with E-state index in [-0.39, 0.29) is 30.1 Å². The SMILES string of the molecule is CC(NC(=O)C1(N)CCOCC1)c1ccc(OC(F)F)cc1.Cl. The molecule has 1 aliphatic heterocycles. The van der Waals surface area contributed by atoms with Crippen LogP contribution in [0.4, 0.5) is 8.78 Å². The molecule has 3 N–H and O–H groups in total. The van der Waals surface area contributed by atoms with Gasteiger partial charge in [0.1, 0.15) is 5.75 Å². The predicted octanol–water partition coefficient (Wildman–Crippen LogP) is 2.39. The van der Waals surface area contributed by atoms with Gasteiger partial charge in [0.25, 0.3) is 0 Å². The van der Waals surface area contributed by atoms with E-state index in [1.54, 1.807) is 12.1 Å². The molecule has 1 aliphatic rings. The number of carbonyl (C=O) groups is 1. The first-order chi connectivity index (χ1) is 10.4. The highest BCUT2D eigenvalue weighted by molar-refractivity contribution is 5.86. The van der Waals surface area contributed by atoms with E-state index < -0.39 is 12.2 Å². The minimum absolute atomic E-state index is 0. The molecule has 1 atom stereocenters. The Balaban J connectivity index is 0.00000264. The lowest BCUT2D eigenvalue weighted by atomic mass is 9.90. The number of alkyl halides is 2. The standard InChI is InChI=1S/C15H20F2N2O3.ClH/c1-10(11-2-4-12(5-3-11)22-14(16)17)19-13(20)15(18)6-8-21-9-7-15;/h2-5,10,14H,6-9,18H2,1H3,(H,19,20);1H. The molecule has 0 spiro atoms. The van der Waals surface area contributed by atoms with E-state index in [0.717, 1.165) is 5.56 Å². The van der Waals surface area contributed by atoms with Gasteiger partial charge in [-0.05, 0) is 37.5 Å². The summed E-state index contributed by atoms with van der Waals surface area (Å²) in [6.45, 7) is -0.104. The minimum Gasteiger partial charge on any atom is -0.435 e. The first-order valence-corrected chi connectivity index (χ1v) is 7.13. The van der Waals surface area contributed by atoms with Crippen LogP contribution in [0.15, 0.2) is 24.3 Å². The number of carbonyl (C=O) groups excluding carboxylic acids is 1. The Bertz CT molecular complexity index is 508. The number of nitrogens with one attached hydrogen (secondary N) is 1. The van der Waals surface area contributed by atoms with Gasteiger partial charge in [-0.2, -0.15) is 8.78 Å². The van der Waals surface area contributed by atoms with Crippen LogP contribution >= 0.6 is 12.4 Å². The Hall–Kier alpha value is -1.44. The Labute approximate surface area is 139 Å². The number of benzene rings is 1. The zero-order valence-electron chi connectivity index (χ0n) is 12.8. The second kappa shape index (κ2) is 8.42. The number of ether oxygens (including phenoxy) is 2. The van der Waals surface area contributed by atoms with Crippen molar-refractivity contribution >= 4 is 18.3 Å². The van der Waals surface area contributed by atoms with Crippen LogP contribution in [0, 0.1) is 0 Å². The van der Waals surface area contributed by atoms with Gasteiger partial charge in [0, 0.05) is 13.2 Å². The van der Waals surface area contributed by atoms with Gasteiger partial charge in [0.15, 0.2) is 0 Å². The summed E-state index contributed by atoms with van der Waals surface area (Å²) in [5, 5.41) is 2.86. The summed E-state index contributed by atoms with van der Waals surface area (Å²) in [7, 11) is 0. The maximum atomic E-state index is 12.3. The van der Waals surface area contributed by atoms with E-state index in [4.69, 9.17) is 10.5 Å². The molecule has 130 valence electrons. The molecule has 1 amide bonds. The van der Waals surface area contributed by atoms with Gasteiger partial charge in [0.2, 0.25) is 5.91 Å². The van der Waals surface area contributed by atoms with Crippen molar-refractivity contribution in [1.82, 2.24) is 5.32 Å². The van der Waals surface area contributed by atoms with Crippen LogP contribution in [0.5, 0.6) is 5.75 Å². The number of rotatable bonds is 5. The number of hydrogen-bond acceptors (Lipinski definition) is 4. The normalized spacial score (nSPS) is 18.0. The molecule has 0 aliphatic carbocycles. The Morgan fingerprint density at radius 1 is 1.30 bits per heavy atom. The monoisotopic (exact) mass is 350 g/mol. The number of hydrogen-bond donors (Lipinski definition) is 2. The van der Waals surface area contributed by atoms with Gasteiger partial charge in [-0.15, -0.1) is 12.4 Å². The Kier molecular flexibility index (Phi) is 7.18. The minimum atomic E-state index is -2.85. The quantitative estimate of drug-likeness (QED) is 0.855. The van der Waals surface area contributed by atoms with E-state index in [2.05, 4.69) is 10.1 Å². The first kappa shape index (κ1) is 19.6. The van der Waals surface area contributed by atoms with Crippen LogP contribution in [0.3, 0.4) is 0 Å². The molecule has 1 unspecified atom stereocenters. The maximum absolute atomic E-state index is 12.3. The van der Waals surface area contributed by atoms with Crippen molar-refractivity contribution in [2.75, 3.05) is 13.2 Å². The summed E-state index contributed by atoms with van der Waals surface area (Å²) in [5.74, 6) is -0.145. The van der Waals surface area contributed by atoms with Crippen molar-refractivity contribution in [2.45, 2.75) is 38.0 Å². The highest BCUT2D eigenvalue weighted by Crippen LogP contribution is 2.22. The third kappa shape index (κ3) is 5.30. The average molecular weight is 351 g/mol. The van der Waals surface area contributed by atoms with Crippen LogP contribution in [-0.2, 0) is 9.53 Å². The van der Waals surface area contributed by atoms with Gasteiger partial charge in [-0.3, -0.25) is 4.79 Å². The number of nitrogens with two attached hydrogens (primary N) is 1. The summed E-state index contributed by atoms with van der Waals surface area (Å²) in [4.78, 5) is 12.3. The Morgan fingerprint density at radius 2 is 1.87 bits per heavy atom. The van der Waals surface area contributed by atoms with Crippen molar-refractivity contribution in [2.24, 2.45) is 5.73 Å². The number of amides is 1. The van der Waals surface area contributed by atoms with Crippen molar-refractivity contribution in [3.05, 3.63) is 29.8 Å². The van der Waals surface area contributed by atoms with Crippen LogP contribution < -0.4 is 15.8 Å². The summed E-state index contributed by atoms with van der Waals surface area (Å²) in [6, 6.07) is 5.87. The fraction of sp³-hybridized carbons (Fsp3) is 0.533. The van der Waals surface area contributed by atoms with Crippen molar-refractivity contribution < 1.29 is 23.0 Å². The van der Waals surface area contributed by atoms with Crippen LogP contribution in [0.25, 0.3) is 0 Å². The van der Waals surface area contributed by atoms with Gasteiger partial charge in [-0.25, -0.2) is 0 Å². The molecule has 0 aromatic heterocycles. The molecule has 2 rings (SSSR count). The van der Waals surface area contributed by atoms with Crippen molar-refractivity contribution in [3.8, 4) is 5.75 Å². The molecule has 23 heavy (non-hydrogen) atoms. The molecule has 1 aromatic carbocycles. The summed E-state index contributed by atoms with van der Waals surface area (Å²) in [5.41, 5.74) is 5.98. The molecule has 0 radical (unpaired) electrons. The van der Waals surface area contributed by atoms with E-state index in [1.165, 1.54) is 12.1 Å². The predicted molar refractivity (Wildman–Crippen MR) is 83.9 cm³/mol. The Morgan fingerprint density at radius 3 is 2.39 bits per heavy atom. The van der Waals surface area contributed by atoms with E-state index >= 15 is 0 Å². The third-order valence-electron chi connectivity index (χ3n) is 3.79. The largest absolute Gasteiger partial charge is 0.435 e. The second-order valence-corrected chi connectivity index (χ2v) is 5.41.